The van der Waals surface area contributed by atoms with Crippen molar-refractivity contribution in [3.05, 3.63) is 48.4 Å². The molecular weight excluding hydrogens is 362 g/mol. The maximum Gasteiger partial charge on any atom is 0.285 e. The first-order valence-electron chi connectivity index (χ1n) is 9.66. The standard InChI is InChI=1S/C20H22F2N6/c21-20(22,14-4-2-1-3-5-14)11-28-9-13-6-7-17(16(13)10-28)26-18-15-8-25-27-19(15)24-12-23-18/h1-5,8,12-13,16-17H,6-7,9-11H2,(H2,23,24,25,26,27)/t13-,16+,17+/m0/s1. The van der Waals surface area contributed by atoms with E-state index in [0.717, 1.165) is 30.6 Å². The first-order valence-corrected chi connectivity index (χ1v) is 9.66. The van der Waals surface area contributed by atoms with Crippen LogP contribution in [0, 0.1) is 11.8 Å². The van der Waals surface area contributed by atoms with Crippen molar-refractivity contribution >= 4 is 16.9 Å². The van der Waals surface area contributed by atoms with Gasteiger partial charge in [-0.2, -0.15) is 13.9 Å². The van der Waals surface area contributed by atoms with E-state index in [-0.39, 0.29) is 18.2 Å². The molecule has 0 amide bonds. The summed E-state index contributed by atoms with van der Waals surface area (Å²) in [4.78, 5) is 10.4. The Labute approximate surface area is 161 Å². The summed E-state index contributed by atoms with van der Waals surface area (Å²) in [6.07, 6.45) is 5.30. The summed E-state index contributed by atoms with van der Waals surface area (Å²) in [7, 11) is 0. The molecule has 3 heterocycles. The molecule has 1 saturated carbocycles. The highest BCUT2D eigenvalue weighted by Gasteiger charge is 2.45. The summed E-state index contributed by atoms with van der Waals surface area (Å²) in [5.74, 6) is -1.27. The van der Waals surface area contributed by atoms with Crippen LogP contribution in [0.4, 0.5) is 14.6 Å². The first kappa shape index (κ1) is 17.5. The van der Waals surface area contributed by atoms with Crippen molar-refractivity contribution in [3.63, 3.8) is 0 Å². The molecule has 146 valence electrons. The van der Waals surface area contributed by atoms with Crippen molar-refractivity contribution < 1.29 is 8.78 Å². The normalized spacial score (nSPS) is 25.3. The molecule has 1 aliphatic heterocycles. The van der Waals surface area contributed by atoms with Crippen LogP contribution < -0.4 is 5.32 Å². The molecule has 2 N–H and O–H groups in total. The van der Waals surface area contributed by atoms with Crippen LogP contribution in [0.25, 0.3) is 11.0 Å². The lowest BCUT2D eigenvalue weighted by Gasteiger charge is -2.26. The third-order valence-electron chi connectivity index (χ3n) is 6.12. The van der Waals surface area contributed by atoms with Crippen LogP contribution in [-0.2, 0) is 5.92 Å². The molecule has 1 saturated heterocycles. The zero-order valence-electron chi connectivity index (χ0n) is 15.4. The molecule has 2 fully saturated rings. The summed E-state index contributed by atoms with van der Waals surface area (Å²) < 4.78 is 29.4. The van der Waals surface area contributed by atoms with Gasteiger partial charge >= 0.3 is 0 Å². The second kappa shape index (κ2) is 6.77. The van der Waals surface area contributed by atoms with Crippen molar-refractivity contribution in [1.82, 2.24) is 25.1 Å². The van der Waals surface area contributed by atoms with E-state index < -0.39 is 5.92 Å². The second-order valence-electron chi connectivity index (χ2n) is 7.87. The number of nitrogens with one attached hydrogen (secondary N) is 2. The number of hydrogen-bond acceptors (Lipinski definition) is 5. The fourth-order valence-electron chi connectivity index (χ4n) is 4.78. The molecule has 2 aliphatic rings. The van der Waals surface area contributed by atoms with Crippen molar-refractivity contribution in [2.45, 2.75) is 24.8 Å². The molecule has 0 bridgehead atoms. The number of benzene rings is 1. The minimum atomic E-state index is -2.83. The maximum atomic E-state index is 14.7. The van der Waals surface area contributed by atoms with Gasteiger partial charge in [0.25, 0.3) is 5.92 Å². The predicted octanol–water partition coefficient (Wildman–Crippen LogP) is 3.27. The van der Waals surface area contributed by atoms with Crippen LogP contribution in [0.15, 0.2) is 42.9 Å². The van der Waals surface area contributed by atoms with Gasteiger partial charge in [-0.05, 0) is 24.7 Å². The minimum absolute atomic E-state index is 0.0880. The Balaban J connectivity index is 1.28. The average molecular weight is 384 g/mol. The number of H-pyrrole nitrogens is 1. The highest BCUT2D eigenvalue weighted by molar-refractivity contribution is 5.85. The Kier molecular flexibility index (Phi) is 4.23. The zero-order valence-corrected chi connectivity index (χ0v) is 15.4. The largest absolute Gasteiger partial charge is 0.366 e. The van der Waals surface area contributed by atoms with Crippen LogP contribution in [0.5, 0.6) is 0 Å². The Morgan fingerprint density at radius 1 is 1.14 bits per heavy atom. The van der Waals surface area contributed by atoms with Crippen molar-refractivity contribution in [1.29, 1.82) is 0 Å². The van der Waals surface area contributed by atoms with Gasteiger partial charge in [0, 0.05) is 24.7 Å². The van der Waals surface area contributed by atoms with E-state index in [0.29, 0.717) is 24.0 Å². The molecule has 3 atom stereocenters. The van der Waals surface area contributed by atoms with Crippen LogP contribution in [-0.4, -0.2) is 50.7 Å². The van der Waals surface area contributed by atoms with Gasteiger partial charge in [-0.15, -0.1) is 0 Å². The second-order valence-corrected chi connectivity index (χ2v) is 7.87. The van der Waals surface area contributed by atoms with Gasteiger partial charge in [0.15, 0.2) is 5.65 Å². The molecule has 0 spiro atoms. The van der Waals surface area contributed by atoms with E-state index in [4.69, 9.17) is 0 Å². The Hall–Kier alpha value is -2.61. The number of rotatable bonds is 5. The van der Waals surface area contributed by atoms with Crippen LogP contribution in [0.3, 0.4) is 0 Å². The Morgan fingerprint density at radius 3 is 2.86 bits per heavy atom. The molecule has 5 rings (SSSR count). The maximum absolute atomic E-state index is 14.7. The SMILES string of the molecule is FC(F)(CN1C[C@@H]2CC[C@@H](Nc3ncnc4[nH]ncc34)[C@@H]2C1)c1ccccc1. The number of hydrogen-bond donors (Lipinski definition) is 2. The molecule has 8 heteroatoms. The number of nitrogens with zero attached hydrogens (tertiary/aromatic N) is 4. The molecule has 1 aliphatic carbocycles. The summed E-state index contributed by atoms with van der Waals surface area (Å²) in [5.41, 5.74) is 0.785. The monoisotopic (exact) mass is 384 g/mol. The van der Waals surface area contributed by atoms with Gasteiger partial charge in [0.1, 0.15) is 12.1 Å². The van der Waals surface area contributed by atoms with Crippen LogP contribution in [0.2, 0.25) is 0 Å². The third kappa shape index (κ3) is 3.11. The van der Waals surface area contributed by atoms with E-state index in [1.54, 1.807) is 24.4 Å². The van der Waals surface area contributed by atoms with Gasteiger partial charge in [0.2, 0.25) is 0 Å². The van der Waals surface area contributed by atoms with E-state index in [1.165, 1.54) is 18.5 Å². The molecule has 1 aromatic carbocycles. The minimum Gasteiger partial charge on any atom is -0.366 e. The lowest BCUT2D eigenvalue weighted by molar-refractivity contribution is -0.0344. The fourth-order valence-corrected chi connectivity index (χ4v) is 4.78. The lowest BCUT2D eigenvalue weighted by atomic mass is 9.98. The molecule has 0 radical (unpaired) electrons. The highest BCUT2D eigenvalue weighted by Crippen LogP contribution is 2.41. The quantitative estimate of drug-likeness (QED) is 0.707. The fraction of sp³-hybridized carbons (Fsp3) is 0.450. The molecule has 28 heavy (non-hydrogen) atoms. The molecule has 3 aromatic rings. The number of aromatic amines is 1. The lowest BCUT2D eigenvalue weighted by Crippen LogP contribution is -2.36. The predicted molar refractivity (Wildman–Crippen MR) is 102 cm³/mol. The topological polar surface area (TPSA) is 69.7 Å². The summed E-state index contributed by atoms with van der Waals surface area (Å²) in [6.45, 7) is 1.19. The number of anilines is 1. The number of aromatic nitrogens is 4. The third-order valence-corrected chi connectivity index (χ3v) is 6.12. The molecule has 2 aromatic heterocycles. The zero-order chi connectivity index (χ0) is 19.1. The molecule has 0 unspecified atom stereocenters. The van der Waals surface area contributed by atoms with Crippen molar-refractivity contribution in [3.8, 4) is 0 Å². The van der Waals surface area contributed by atoms with Gasteiger partial charge in [-0.3, -0.25) is 10.00 Å². The smallest absolute Gasteiger partial charge is 0.285 e. The highest BCUT2D eigenvalue weighted by atomic mass is 19.3. The van der Waals surface area contributed by atoms with Crippen LogP contribution in [0.1, 0.15) is 18.4 Å². The summed E-state index contributed by atoms with van der Waals surface area (Å²) in [5, 5.41) is 11.3. The van der Waals surface area contributed by atoms with E-state index in [2.05, 4.69) is 25.5 Å². The summed E-state index contributed by atoms with van der Waals surface area (Å²) >= 11 is 0. The number of likely N-dealkylation sites (tertiary alicyclic amines) is 1. The number of halogens is 2. The first-order chi connectivity index (χ1) is 13.6. The van der Waals surface area contributed by atoms with Gasteiger partial charge in [-0.25, -0.2) is 9.97 Å². The van der Waals surface area contributed by atoms with E-state index in [1.807, 2.05) is 4.90 Å². The number of fused-ring (bicyclic) bond motifs is 2. The van der Waals surface area contributed by atoms with Gasteiger partial charge < -0.3 is 5.32 Å². The Morgan fingerprint density at radius 2 is 2.00 bits per heavy atom. The van der Waals surface area contributed by atoms with E-state index in [9.17, 15) is 8.78 Å². The van der Waals surface area contributed by atoms with E-state index >= 15 is 0 Å². The van der Waals surface area contributed by atoms with Crippen molar-refractivity contribution in [2.24, 2.45) is 11.8 Å². The van der Waals surface area contributed by atoms with Gasteiger partial charge in [0.05, 0.1) is 18.1 Å². The molecule has 6 nitrogen and oxygen atoms in total. The molecular formula is C20H22F2N6. The Bertz CT molecular complexity index is 959. The average Bonchev–Trinajstić information content (AvgIpc) is 3.40. The van der Waals surface area contributed by atoms with Gasteiger partial charge in [-0.1, -0.05) is 30.3 Å². The number of alkyl halides is 2. The summed E-state index contributed by atoms with van der Waals surface area (Å²) in [6, 6.07) is 8.34. The van der Waals surface area contributed by atoms with Crippen molar-refractivity contribution in [2.75, 3.05) is 25.0 Å². The van der Waals surface area contributed by atoms with Crippen LogP contribution >= 0.6 is 0 Å².